The van der Waals surface area contributed by atoms with Gasteiger partial charge < -0.3 is 15.2 Å². The van der Waals surface area contributed by atoms with Crippen molar-refractivity contribution in [3.05, 3.63) is 65.2 Å². The molecule has 0 spiro atoms. The van der Waals surface area contributed by atoms with Crippen LogP contribution in [-0.2, 0) is 11.3 Å². The van der Waals surface area contributed by atoms with E-state index >= 15 is 0 Å². The van der Waals surface area contributed by atoms with E-state index in [1.807, 2.05) is 6.07 Å². The Morgan fingerprint density at radius 2 is 1.81 bits per heavy atom. The van der Waals surface area contributed by atoms with E-state index in [1.165, 1.54) is 12.1 Å². The van der Waals surface area contributed by atoms with E-state index in [1.54, 1.807) is 37.4 Å². The maximum absolute atomic E-state index is 12.1. The molecule has 21 heavy (non-hydrogen) atoms. The van der Waals surface area contributed by atoms with E-state index in [-0.39, 0.29) is 11.5 Å². The molecule has 0 radical (unpaired) electrons. The average molecular weight is 285 g/mol. The third-order valence-corrected chi connectivity index (χ3v) is 2.89. The highest BCUT2D eigenvalue weighted by molar-refractivity contribution is 6.04. The summed E-state index contributed by atoms with van der Waals surface area (Å²) in [5, 5.41) is 11.5. The molecular weight excluding hydrogens is 270 g/mol. The van der Waals surface area contributed by atoms with Gasteiger partial charge in [0.25, 0.3) is 5.91 Å². The minimum Gasteiger partial charge on any atom is -0.478 e. The molecule has 0 saturated carbocycles. The first-order valence-electron chi connectivity index (χ1n) is 6.33. The van der Waals surface area contributed by atoms with Gasteiger partial charge in [0.1, 0.15) is 0 Å². The lowest BCUT2D eigenvalue weighted by molar-refractivity contribution is 0.0696. The van der Waals surface area contributed by atoms with Gasteiger partial charge in [-0.25, -0.2) is 4.79 Å². The minimum atomic E-state index is -1.000. The molecular formula is C16H15NO4. The number of carbonyl (C=O) groups is 2. The smallest absolute Gasteiger partial charge is 0.335 e. The molecule has 5 nitrogen and oxygen atoms in total. The molecule has 0 aliphatic carbocycles. The fourth-order valence-electron chi connectivity index (χ4n) is 1.87. The Labute approximate surface area is 122 Å². The molecule has 2 N–H and O–H groups in total. The Hall–Kier alpha value is -2.66. The molecule has 0 aliphatic heterocycles. The molecule has 0 heterocycles. The van der Waals surface area contributed by atoms with Gasteiger partial charge in [-0.3, -0.25) is 4.79 Å². The number of anilines is 1. The van der Waals surface area contributed by atoms with Crippen molar-refractivity contribution in [2.45, 2.75) is 6.61 Å². The summed E-state index contributed by atoms with van der Waals surface area (Å²) in [5.41, 5.74) is 2.15. The number of hydrogen-bond acceptors (Lipinski definition) is 3. The summed E-state index contributed by atoms with van der Waals surface area (Å²) in [4.78, 5) is 22.9. The molecule has 2 aromatic rings. The summed E-state index contributed by atoms with van der Waals surface area (Å²) in [5.74, 6) is -1.25. The van der Waals surface area contributed by atoms with Gasteiger partial charge in [0, 0.05) is 18.4 Å². The van der Waals surface area contributed by atoms with Crippen LogP contribution < -0.4 is 5.32 Å². The van der Waals surface area contributed by atoms with Crippen LogP contribution in [0.3, 0.4) is 0 Å². The molecule has 2 rings (SSSR count). The van der Waals surface area contributed by atoms with E-state index in [4.69, 9.17) is 9.84 Å². The van der Waals surface area contributed by atoms with Gasteiger partial charge in [-0.2, -0.15) is 0 Å². The van der Waals surface area contributed by atoms with Crippen molar-refractivity contribution in [1.29, 1.82) is 0 Å². The Kier molecular flexibility index (Phi) is 4.68. The SMILES string of the molecule is COCc1cccc(C(=O)Nc2ccc(C(=O)O)cc2)c1. The molecule has 0 atom stereocenters. The lowest BCUT2D eigenvalue weighted by atomic mass is 10.1. The maximum atomic E-state index is 12.1. The first-order chi connectivity index (χ1) is 10.1. The number of carboxylic acids is 1. The molecule has 1 amide bonds. The number of benzene rings is 2. The number of carboxylic acid groups (broad SMARTS) is 1. The molecule has 0 unspecified atom stereocenters. The van der Waals surface area contributed by atoms with E-state index in [0.717, 1.165) is 5.56 Å². The summed E-state index contributed by atoms with van der Waals surface area (Å²) in [6.07, 6.45) is 0. The van der Waals surface area contributed by atoms with Gasteiger partial charge in [0.2, 0.25) is 0 Å². The third-order valence-electron chi connectivity index (χ3n) is 2.89. The lowest BCUT2D eigenvalue weighted by Gasteiger charge is -2.07. The first kappa shape index (κ1) is 14.7. The van der Waals surface area contributed by atoms with E-state index in [0.29, 0.717) is 17.9 Å². The third kappa shape index (κ3) is 3.90. The second kappa shape index (κ2) is 6.67. The second-order valence-electron chi connectivity index (χ2n) is 4.47. The first-order valence-corrected chi connectivity index (χ1v) is 6.33. The van der Waals surface area contributed by atoms with Crippen molar-refractivity contribution in [1.82, 2.24) is 0 Å². The van der Waals surface area contributed by atoms with Crippen molar-refractivity contribution in [2.75, 3.05) is 12.4 Å². The van der Waals surface area contributed by atoms with Gasteiger partial charge in [-0.05, 0) is 42.0 Å². The number of nitrogens with one attached hydrogen (secondary N) is 1. The minimum absolute atomic E-state index is 0.176. The fourth-order valence-corrected chi connectivity index (χ4v) is 1.87. The molecule has 108 valence electrons. The van der Waals surface area contributed by atoms with Crippen LogP contribution in [0.2, 0.25) is 0 Å². The Morgan fingerprint density at radius 1 is 1.10 bits per heavy atom. The summed E-state index contributed by atoms with van der Waals surface area (Å²) in [7, 11) is 1.59. The number of hydrogen-bond donors (Lipinski definition) is 2. The van der Waals surface area contributed by atoms with Crippen LogP contribution in [0.1, 0.15) is 26.3 Å². The molecule has 0 saturated heterocycles. The number of ether oxygens (including phenoxy) is 1. The topological polar surface area (TPSA) is 75.6 Å². The number of methoxy groups -OCH3 is 1. The van der Waals surface area contributed by atoms with Crippen molar-refractivity contribution >= 4 is 17.6 Å². The predicted octanol–water partition coefficient (Wildman–Crippen LogP) is 2.78. The van der Waals surface area contributed by atoms with Crippen LogP contribution in [0.25, 0.3) is 0 Å². The van der Waals surface area contributed by atoms with E-state index in [2.05, 4.69) is 5.32 Å². The monoisotopic (exact) mass is 285 g/mol. The molecule has 0 aromatic heterocycles. The van der Waals surface area contributed by atoms with E-state index < -0.39 is 5.97 Å². The summed E-state index contributed by atoms with van der Waals surface area (Å²) < 4.78 is 5.03. The van der Waals surface area contributed by atoms with Gasteiger partial charge in [-0.15, -0.1) is 0 Å². The highest BCUT2D eigenvalue weighted by Gasteiger charge is 2.08. The second-order valence-corrected chi connectivity index (χ2v) is 4.47. The van der Waals surface area contributed by atoms with Crippen LogP contribution in [0.5, 0.6) is 0 Å². The number of rotatable bonds is 5. The molecule has 2 aromatic carbocycles. The Morgan fingerprint density at radius 3 is 2.43 bits per heavy atom. The summed E-state index contributed by atoms with van der Waals surface area (Å²) in [6, 6.07) is 13.1. The largest absolute Gasteiger partial charge is 0.478 e. The fraction of sp³-hybridized carbons (Fsp3) is 0.125. The molecule has 5 heteroatoms. The zero-order chi connectivity index (χ0) is 15.2. The van der Waals surface area contributed by atoms with Gasteiger partial charge >= 0.3 is 5.97 Å². The standard InChI is InChI=1S/C16H15NO4/c1-21-10-11-3-2-4-13(9-11)15(18)17-14-7-5-12(6-8-14)16(19)20/h2-9H,10H2,1H3,(H,17,18)(H,19,20). The lowest BCUT2D eigenvalue weighted by Crippen LogP contribution is -2.12. The molecule has 0 aliphatic rings. The number of aromatic carboxylic acids is 1. The number of amides is 1. The van der Waals surface area contributed by atoms with Crippen LogP contribution in [0.4, 0.5) is 5.69 Å². The molecule has 0 bridgehead atoms. The van der Waals surface area contributed by atoms with Crippen molar-refractivity contribution in [2.24, 2.45) is 0 Å². The zero-order valence-corrected chi connectivity index (χ0v) is 11.5. The van der Waals surface area contributed by atoms with Crippen LogP contribution in [0.15, 0.2) is 48.5 Å². The van der Waals surface area contributed by atoms with Gasteiger partial charge in [0.15, 0.2) is 0 Å². The maximum Gasteiger partial charge on any atom is 0.335 e. The average Bonchev–Trinajstić information content (AvgIpc) is 2.48. The van der Waals surface area contributed by atoms with Gasteiger partial charge in [0.05, 0.1) is 12.2 Å². The van der Waals surface area contributed by atoms with E-state index in [9.17, 15) is 9.59 Å². The highest BCUT2D eigenvalue weighted by atomic mass is 16.5. The number of carbonyl (C=O) groups excluding carboxylic acids is 1. The van der Waals surface area contributed by atoms with Crippen molar-refractivity contribution < 1.29 is 19.4 Å². The van der Waals surface area contributed by atoms with Crippen LogP contribution in [-0.4, -0.2) is 24.1 Å². The Bertz CT molecular complexity index is 650. The van der Waals surface area contributed by atoms with Crippen LogP contribution in [0, 0.1) is 0 Å². The molecule has 0 fully saturated rings. The summed E-state index contributed by atoms with van der Waals surface area (Å²) in [6.45, 7) is 0.439. The van der Waals surface area contributed by atoms with Crippen molar-refractivity contribution in [3.8, 4) is 0 Å². The van der Waals surface area contributed by atoms with Gasteiger partial charge in [-0.1, -0.05) is 12.1 Å². The zero-order valence-electron chi connectivity index (χ0n) is 11.5. The highest BCUT2D eigenvalue weighted by Crippen LogP contribution is 2.13. The Balaban J connectivity index is 2.10. The van der Waals surface area contributed by atoms with Crippen LogP contribution >= 0.6 is 0 Å². The quantitative estimate of drug-likeness (QED) is 0.885. The normalized spacial score (nSPS) is 10.1. The predicted molar refractivity (Wildman–Crippen MR) is 78.5 cm³/mol. The summed E-state index contributed by atoms with van der Waals surface area (Å²) >= 11 is 0. The van der Waals surface area contributed by atoms with Crippen molar-refractivity contribution in [3.63, 3.8) is 0 Å².